The first kappa shape index (κ1) is 18.5. The van der Waals surface area contributed by atoms with Crippen LogP contribution in [-0.4, -0.2) is 11.9 Å². The minimum Gasteiger partial charge on any atom is -0.349 e. The lowest BCUT2D eigenvalue weighted by Crippen LogP contribution is -2.37. The molecule has 2 aromatic carbocycles. The largest absolute Gasteiger partial charge is 0.349 e. The molecule has 128 valence electrons. The number of halogens is 1. The Hall–Kier alpha value is -1.84. The Morgan fingerprint density at radius 2 is 1.58 bits per heavy atom. The second kappa shape index (κ2) is 8.86. The predicted molar refractivity (Wildman–Crippen MR) is 100 cm³/mol. The number of hydrogen-bond acceptors (Lipinski definition) is 2. The second-order valence-electron chi connectivity index (χ2n) is 6.33. The zero-order valence-electron chi connectivity index (χ0n) is 13.8. The Kier molecular flexibility index (Phi) is 6.83. The molecule has 1 aliphatic rings. The Morgan fingerprint density at radius 3 is 2.17 bits per heavy atom. The topological polar surface area (TPSA) is 55.1 Å². The normalized spacial score (nSPS) is 20.0. The van der Waals surface area contributed by atoms with Crippen LogP contribution >= 0.6 is 12.4 Å². The summed E-state index contributed by atoms with van der Waals surface area (Å²) in [5.41, 5.74) is 8.77. The number of amides is 1. The van der Waals surface area contributed by atoms with Gasteiger partial charge in [-0.05, 0) is 54.9 Å². The molecule has 2 aromatic rings. The zero-order chi connectivity index (χ0) is 16.1. The summed E-state index contributed by atoms with van der Waals surface area (Å²) in [6.07, 6.45) is 4.38. The van der Waals surface area contributed by atoms with Crippen molar-refractivity contribution >= 4 is 18.3 Å². The van der Waals surface area contributed by atoms with Crippen molar-refractivity contribution < 1.29 is 4.79 Å². The predicted octanol–water partition coefficient (Wildman–Crippen LogP) is 4.02. The van der Waals surface area contributed by atoms with Crippen LogP contribution in [-0.2, 0) is 6.54 Å². The molecule has 4 heteroatoms. The average Bonchev–Trinajstić information content (AvgIpc) is 2.63. The van der Waals surface area contributed by atoms with Crippen LogP contribution in [0.4, 0.5) is 0 Å². The van der Waals surface area contributed by atoms with Gasteiger partial charge in [0.25, 0.3) is 5.91 Å². The number of nitrogens with two attached hydrogens (primary N) is 1. The van der Waals surface area contributed by atoms with Gasteiger partial charge < -0.3 is 11.1 Å². The van der Waals surface area contributed by atoms with Gasteiger partial charge in [0.2, 0.25) is 0 Å². The molecule has 1 aliphatic carbocycles. The number of nitrogens with one attached hydrogen (secondary N) is 1. The molecular weight excluding hydrogens is 320 g/mol. The van der Waals surface area contributed by atoms with E-state index >= 15 is 0 Å². The highest BCUT2D eigenvalue weighted by Crippen LogP contribution is 2.32. The maximum absolute atomic E-state index is 12.3. The van der Waals surface area contributed by atoms with Crippen LogP contribution in [0.25, 0.3) is 0 Å². The zero-order valence-corrected chi connectivity index (χ0v) is 14.6. The minimum atomic E-state index is 0. The maximum Gasteiger partial charge on any atom is 0.251 e. The number of carbonyl (C=O) groups excluding carboxylic acids is 1. The third-order valence-electron chi connectivity index (χ3n) is 4.79. The third kappa shape index (κ3) is 4.59. The Bertz CT molecular complexity index is 634. The summed E-state index contributed by atoms with van der Waals surface area (Å²) < 4.78 is 0. The van der Waals surface area contributed by atoms with Crippen LogP contribution in [0, 0.1) is 0 Å². The van der Waals surface area contributed by atoms with Crippen molar-refractivity contribution in [3.05, 3.63) is 71.3 Å². The smallest absolute Gasteiger partial charge is 0.251 e. The van der Waals surface area contributed by atoms with Crippen molar-refractivity contribution in [2.75, 3.05) is 0 Å². The van der Waals surface area contributed by atoms with Gasteiger partial charge in [-0.15, -0.1) is 12.4 Å². The first-order chi connectivity index (χ1) is 11.3. The summed E-state index contributed by atoms with van der Waals surface area (Å²) >= 11 is 0. The number of carbonyl (C=O) groups is 1. The molecular formula is C20H25ClN2O. The SMILES string of the molecule is Cl.NCc1ccc(C(=O)NC2CCC(c3ccccc3)CC2)cc1. The van der Waals surface area contributed by atoms with Gasteiger partial charge in [-0.3, -0.25) is 4.79 Å². The molecule has 0 saturated heterocycles. The van der Waals surface area contributed by atoms with Gasteiger partial charge in [0, 0.05) is 18.2 Å². The van der Waals surface area contributed by atoms with E-state index in [4.69, 9.17) is 5.73 Å². The molecule has 0 spiro atoms. The van der Waals surface area contributed by atoms with Gasteiger partial charge in [0.15, 0.2) is 0 Å². The van der Waals surface area contributed by atoms with E-state index in [2.05, 4.69) is 35.6 Å². The summed E-state index contributed by atoms with van der Waals surface area (Å²) in [5, 5.41) is 3.17. The molecule has 3 nitrogen and oxygen atoms in total. The van der Waals surface area contributed by atoms with E-state index in [1.807, 2.05) is 24.3 Å². The molecule has 0 atom stereocenters. The van der Waals surface area contributed by atoms with E-state index in [1.54, 1.807) is 0 Å². The van der Waals surface area contributed by atoms with Crippen LogP contribution < -0.4 is 11.1 Å². The molecule has 0 radical (unpaired) electrons. The Morgan fingerprint density at radius 1 is 0.958 bits per heavy atom. The molecule has 0 unspecified atom stereocenters. The fourth-order valence-corrected chi connectivity index (χ4v) is 3.36. The first-order valence-electron chi connectivity index (χ1n) is 8.41. The van der Waals surface area contributed by atoms with Crippen molar-refractivity contribution in [3.8, 4) is 0 Å². The van der Waals surface area contributed by atoms with E-state index in [1.165, 1.54) is 5.56 Å². The molecule has 1 saturated carbocycles. The molecule has 0 aromatic heterocycles. The third-order valence-corrected chi connectivity index (χ3v) is 4.79. The molecule has 0 aliphatic heterocycles. The summed E-state index contributed by atoms with van der Waals surface area (Å²) in [4.78, 5) is 12.3. The lowest BCUT2D eigenvalue weighted by atomic mass is 9.82. The average molecular weight is 345 g/mol. The lowest BCUT2D eigenvalue weighted by Gasteiger charge is -2.29. The fraction of sp³-hybridized carbons (Fsp3) is 0.350. The molecule has 3 N–H and O–H groups in total. The van der Waals surface area contributed by atoms with Crippen molar-refractivity contribution in [3.63, 3.8) is 0 Å². The second-order valence-corrected chi connectivity index (χ2v) is 6.33. The maximum atomic E-state index is 12.3. The van der Waals surface area contributed by atoms with Gasteiger partial charge in [-0.25, -0.2) is 0 Å². The summed E-state index contributed by atoms with van der Waals surface area (Å²) in [7, 11) is 0. The van der Waals surface area contributed by atoms with E-state index in [-0.39, 0.29) is 24.4 Å². The van der Waals surface area contributed by atoms with Crippen molar-refractivity contribution in [2.24, 2.45) is 5.73 Å². The van der Waals surface area contributed by atoms with Gasteiger partial charge in [-0.2, -0.15) is 0 Å². The highest BCUT2D eigenvalue weighted by molar-refractivity contribution is 5.94. The minimum absolute atomic E-state index is 0. The van der Waals surface area contributed by atoms with E-state index in [9.17, 15) is 4.79 Å². The van der Waals surface area contributed by atoms with Crippen molar-refractivity contribution in [2.45, 2.75) is 44.2 Å². The lowest BCUT2D eigenvalue weighted by molar-refractivity contribution is 0.0926. The highest BCUT2D eigenvalue weighted by Gasteiger charge is 2.23. The van der Waals surface area contributed by atoms with Crippen molar-refractivity contribution in [1.29, 1.82) is 0 Å². The molecule has 1 fully saturated rings. The van der Waals surface area contributed by atoms with E-state index in [0.29, 0.717) is 18.0 Å². The van der Waals surface area contributed by atoms with Gasteiger partial charge in [0.1, 0.15) is 0 Å². The first-order valence-corrected chi connectivity index (χ1v) is 8.41. The van der Waals surface area contributed by atoms with Gasteiger partial charge in [-0.1, -0.05) is 42.5 Å². The van der Waals surface area contributed by atoms with Gasteiger partial charge in [0.05, 0.1) is 0 Å². The van der Waals surface area contributed by atoms with Crippen LogP contribution in [0.2, 0.25) is 0 Å². The fourth-order valence-electron chi connectivity index (χ4n) is 3.36. The monoisotopic (exact) mass is 344 g/mol. The standard InChI is InChI=1S/C20H24N2O.ClH/c21-14-15-6-8-18(9-7-15)20(23)22-19-12-10-17(11-13-19)16-4-2-1-3-5-16;/h1-9,17,19H,10-14,21H2,(H,22,23);1H. The number of hydrogen-bond donors (Lipinski definition) is 2. The van der Waals surface area contributed by atoms with Crippen LogP contribution in [0.5, 0.6) is 0 Å². The summed E-state index contributed by atoms with van der Waals surface area (Å²) in [6, 6.07) is 18.5. The Balaban J connectivity index is 0.00000208. The van der Waals surface area contributed by atoms with E-state index in [0.717, 1.165) is 31.2 Å². The molecule has 0 bridgehead atoms. The molecule has 3 rings (SSSR count). The molecule has 0 heterocycles. The van der Waals surface area contributed by atoms with Crippen LogP contribution in [0.1, 0.15) is 53.1 Å². The van der Waals surface area contributed by atoms with Gasteiger partial charge >= 0.3 is 0 Å². The van der Waals surface area contributed by atoms with Crippen molar-refractivity contribution in [1.82, 2.24) is 5.32 Å². The number of rotatable bonds is 4. The van der Waals surface area contributed by atoms with E-state index < -0.39 is 0 Å². The van der Waals surface area contributed by atoms with Crippen LogP contribution in [0.15, 0.2) is 54.6 Å². The Labute approximate surface area is 150 Å². The summed E-state index contributed by atoms with van der Waals surface area (Å²) in [5.74, 6) is 0.657. The molecule has 1 amide bonds. The highest BCUT2D eigenvalue weighted by atomic mass is 35.5. The number of benzene rings is 2. The van der Waals surface area contributed by atoms with Crippen LogP contribution in [0.3, 0.4) is 0 Å². The quantitative estimate of drug-likeness (QED) is 0.880. The summed E-state index contributed by atoms with van der Waals surface area (Å²) in [6.45, 7) is 0.505. The molecule has 24 heavy (non-hydrogen) atoms.